The van der Waals surface area contributed by atoms with E-state index >= 15 is 0 Å². The third-order valence-corrected chi connectivity index (χ3v) is 6.69. The third-order valence-electron chi connectivity index (χ3n) is 6.69. The van der Waals surface area contributed by atoms with E-state index < -0.39 is 12.2 Å². The Hall–Kier alpha value is -3.47. The van der Waals surface area contributed by atoms with Gasteiger partial charge in [-0.15, -0.1) is 0 Å². The molecule has 2 unspecified atom stereocenters. The number of anilines is 3. The molecular weight excluding hydrogens is 429 g/mol. The normalized spacial score (nSPS) is 26.0. The number of amides is 1. The van der Waals surface area contributed by atoms with Crippen LogP contribution in [0.4, 0.5) is 21.7 Å². The molecule has 33 heavy (non-hydrogen) atoms. The average Bonchev–Trinajstić information content (AvgIpc) is 3.37. The first-order valence-corrected chi connectivity index (χ1v) is 10.9. The maximum Gasteiger partial charge on any atom is 0.274 e. The number of halogens is 1. The first-order chi connectivity index (χ1) is 15.8. The summed E-state index contributed by atoms with van der Waals surface area (Å²) in [5.74, 6) is 0.637. The summed E-state index contributed by atoms with van der Waals surface area (Å²) in [6.07, 6.45) is 4.10. The lowest BCUT2D eigenvalue weighted by molar-refractivity contribution is -0.0828. The Morgan fingerprint density at radius 1 is 1.39 bits per heavy atom. The predicted octanol–water partition coefficient (Wildman–Crippen LogP) is 2.26. The highest BCUT2D eigenvalue weighted by Crippen LogP contribution is 2.38. The Kier molecular flexibility index (Phi) is 5.08. The zero-order valence-corrected chi connectivity index (χ0v) is 18.6. The Morgan fingerprint density at radius 2 is 2.18 bits per heavy atom. The number of pyridine rings is 1. The molecule has 0 bridgehead atoms. The summed E-state index contributed by atoms with van der Waals surface area (Å²) in [5.41, 5.74) is 0.200. The van der Waals surface area contributed by atoms with Gasteiger partial charge in [0.25, 0.3) is 11.5 Å². The van der Waals surface area contributed by atoms with Gasteiger partial charge in [-0.05, 0) is 31.9 Å². The molecule has 0 radical (unpaired) electrons. The highest BCUT2D eigenvalue weighted by atomic mass is 19.1. The number of methoxy groups -OCH3 is 1. The van der Waals surface area contributed by atoms with Gasteiger partial charge in [0.05, 0.1) is 23.9 Å². The molecule has 5 rings (SSSR count). The standard InChI is InChI=1S/C22H26FN7O3/c1-22(33-3)7-6-16(22)27-20(31)12-11-25-30-18(24-2)10-17(28-19(12)30)26-14-5-4-8-29(21(14)32)15-9-13(15)23/h4-5,8,10-11,13,15-16,24H,6-7,9H2,1-3H3,(H,26,28)(H,27,31)/t13-,15?,16?,22-/m1/s1. The summed E-state index contributed by atoms with van der Waals surface area (Å²) in [6, 6.07) is 4.47. The fraction of sp³-hybridized carbons (Fsp3) is 0.455. The minimum atomic E-state index is -0.994. The Morgan fingerprint density at radius 3 is 2.82 bits per heavy atom. The number of aromatic nitrogens is 4. The van der Waals surface area contributed by atoms with E-state index in [4.69, 9.17) is 4.74 Å². The van der Waals surface area contributed by atoms with Gasteiger partial charge in [0.1, 0.15) is 29.1 Å². The van der Waals surface area contributed by atoms with Crippen molar-refractivity contribution in [2.24, 2.45) is 0 Å². The summed E-state index contributed by atoms with van der Waals surface area (Å²) >= 11 is 0. The second kappa shape index (κ2) is 7.84. The van der Waals surface area contributed by atoms with Crippen LogP contribution in [0.3, 0.4) is 0 Å². The lowest BCUT2D eigenvalue weighted by Crippen LogP contribution is -2.59. The van der Waals surface area contributed by atoms with E-state index in [0.717, 1.165) is 12.8 Å². The molecule has 0 spiro atoms. The van der Waals surface area contributed by atoms with Crippen molar-refractivity contribution in [2.45, 2.75) is 50.0 Å². The first kappa shape index (κ1) is 21.4. The first-order valence-electron chi connectivity index (χ1n) is 10.9. The molecule has 0 aliphatic heterocycles. The van der Waals surface area contributed by atoms with Crippen LogP contribution in [0.15, 0.2) is 35.4 Å². The number of nitrogens with zero attached hydrogens (tertiary/aromatic N) is 4. The summed E-state index contributed by atoms with van der Waals surface area (Å²) < 4.78 is 22.0. The van der Waals surface area contributed by atoms with Gasteiger partial charge in [-0.25, -0.2) is 9.37 Å². The molecule has 2 fully saturated rings. The average molecular weight is 455 g/mol. The molecule has 4 atom stereocenters. The predicted molar refractivity (Wildman–Crippen MR) is 121 cm³/mol. The van der Waals surface area contributed by atoms with E-state index in [0.29, 0.717) is 29.3 Å². The summed E-state index contributed by atoms with van der Waals surface area (Å²) in [4.78, 5) is 30.4. The van der Waals surface area contributed by atoms with Crippen LogP contribution < -0.4 is 21.5 Å². The minimum absolute atomic E-state index is 0.0976. The van der Waals surface area contributed by atoms with Crippen molar-refractivity contribution in [1.29, 1.82) is 0 Å². The number of hydrogen-bond donors (Lipinski definition) is 3. The van der Waals surface area contributed by atoms with Gasteiger partial charge in [-0.2, -0.15) is 9.61 Å². The molecular formula is C22H26FN7O3. The largest absolute Gasteiger partial charge is 0.376 e. The Labute approximate surface area is 189 Å². The van der Waals surface area contributed by atoms with Crippen LogP contribution in [0.2, 0.25) is 0 Å². The second-order valence-electron chi connectivity index (χ2n) is 8.73. The van der Waals surface area contributed by atoms with E-state index in [1.54, 1.807) is 38.6 Å². The topological polar surface area (TPSA) is 115 Å². The van der Waals surface area contributed by atoms with Gasteiger partial charge in [0, 0.05) is 32.8 Å². The third kappa shape index (κ3) is 3.62. The van der Waals surface area contributed by atoms with Crippen molar-refractivity contribution >= 4 is 28.9 Å². The van der Waals surface area contributed by atoms with Crippen LogP contribution in [-0.2, 0) is 4.74 Å². The summed E-state index contributed by atoms with van der Waals surface area (Å²) in [7, 11) is 3.36. The number of fused-ring (bicyclic) bond motifs is 1. The number of carbonyl (C=O) groups excluding carboxylic acids is 1. The van der Waals surface area contributed by atoms with Crippen LogP contribution in [0, 0.1) is 0 Å². The molecule has 2 aliphatic carbocycles. The maximum absolute atomic E-state index is 13.5. The van der Waals surface area contributed by atoms with Crippen LogP contribution in [0.5, 0.6) is 0 Å². The molecule has 3 aromatic rings. The van der Waals surface area contributed by atoms with Crippen molar-refractivity contribution in [3.05, 3.63) is 46.5 Å². The molecule has 3 aromatic heterocycles. The number of rotatable bonds is 7. The molecule has 2 aliphatic rings. The molecule has 3 N–H and O–H groups in total. The van der Waals surface area contributed by atoms with Crippen LogP contribution >= 0.6 is 0 Å². The molecule has 174 valence electrons. The Balaban J connectivity index is 1.46. The fourth-order valence-electron chi connectivity index (χ4n) is 4.21. The van der Waals surface area contributed by atoms with Crippen molar-refractivity contribution < 1.29 is 13.9 Å². The zero-order chi connectivity index (χ0) is 23.3. The highest BCUT2D eigenvalue weighted by molar-refractivity contribution is 6.00. The SMILES string of the molecule is CNc1cc(Nc2cccn(C3C[C@H]3F)c2=O)nc2c(C(=O)NC3CC[C@@]3(C)OC)cnn12. The fourth-order valence-corrected chi connectivity index (χ4v) is 4.21. The molecule has 2 saturated carbocycles. The van der Waals surface area contributed by atoms with E-state index in [1.165, 1.54) is 15.3 Å². The van der Waals surface area contributed by atoms with Crippen molar-refractivity contribution in [3.63, 3.8) is 0 Å². The van der Waals surface area contributed by atoms with E-state index in [-0.39, 0.29) is 28.8 Å². The molecule has 0 aromatic carbocycles. The number of carbonyl (C=O) groups is 1. The molecule has 11 heteroatoms. The van der Waals surface area contributed by atoms with Gasteiger partial charge < -0.3 is 25.3 Å². The van der Waals surface area contributed by atoms with E-state index in [9.17, 15) is 14.0 Å². The Bertz CT molecular complexity index is 1280. The number of ether oxygens (including phenoxy) is 1. The number of hydrogen-bond acceptors (Lipinski definition) is 7. The zero-order valence-electron chi connectivity index (χ0n) is 18.6. The van der Waals surface area contributed by atoms with Crippen LogP contribution in [0.25, 0.3) is 5.65 Å². The summed E-state index contributed by atoms with van der Waals surface area (Å²) in [5, 5.41) is 13.4. The minimum Gasteiger partial charge on any atom is -0.376 e. The van der Waals surface area contributed by atoms with Crippen molar-refractivity contribution in [3.8, 4) is 0 Å². The lowest BCUT2D eigenvalue weighted by Gasteiger charge is -2.45. The molecule has 0 saturated heterocycles. The van der Waals surface area contributed by atoms with Crippen molar-refractivity contribution in [1.82, 2.24) is 24.5 Å². The number of nitrogens with one attached hydrogen (secondary N) is 3. The van der Waals surface area contributed by atoms with Gasteiger partial charge in [-0.3, -0.25) is 9.59 Å². The van der Waals surface area contributed by atoms with E-state index in [1.807, 2.05) is 6.92 Å². The maximum atomic E-state index is 13.5. The quantitative estimate of drug-likeness (QED) is 0.501. The van der Waals surface area contributed by atoms with Gasteiger partial charge in [0.15, 0.2) is 5.65 Å². The number of alkyl halides is 1. The highest BCUT2D eigenvalue weighted by Gasteiger charge is 2.44. The molecule has 3 heterocycles. The van der Waals surface area contributed by atoms with Gasteiger partial charge in [-0.1, -0.05) is 0 Å². The van der Waals surface area contributed by atoms with Crippen LogP contribution in [-0.4, -0.2) is 57.0 Å². The molecule has 10 nitrogen and oxygen atoms in total. The summed E-state index contributed by atoms with van der Waals surface area (Å²) in [6.45, 7) is 1.97. The van der Waals surface area contributed by atoms with Crippen LogP contribution in [0.1, 0.15) is 42.6 Å². The smallest absolute Gasteiger partial charge is 0.274 e. The second-order valence-corrected chi connectivity index (χ2v) is 8.73. The van der Waals surface area contributed by atoms with Gasteiger partial charge >= 0.3 is 0 Å². The molecule has 1 amide bonds. The lowest BCUT2D eigenvalue weighted by atomic mass is 9.76. The van der Waals surface area contributed by atoms with Gasteiger partial charge in [0.2, 0.25) is 0 Å². The monoisotopic (exact) mass is 455 g/mol. The van der Waals surface area contributed by atoms with Crippen molar-refractivity contribution in [2.75, 3.05) is 24.8 Å². The van der Waals surface area contributed by atoms with E-state index in [2.05, 4.69) is 26.0 Å².